The molecule has 7 nitrogen and oxygen atoms in total. The van der Waals surface area contributed by atoms with E-state index < -0.39 is 4.92 Å². The van der Waals surface area contributed by atoms with Crippen molar-refractivity contribution in [3.63, 3.8) is 0 Å². The van der Waals surface area contributed by atoms with Gasteiger partial charge in [0.25, 0.3) is 0 Å². The topological polar surface area (TPSA) is 84.7 Å². The third-order valence-corrected chi connectivity index (χ3v) is 4.38. The fourth-order valence-electron chi connectivity index (χ4n) is 2.30. The van der Waals surface area contributed by atoms with Gasteiger partial charge < -0.3 is 10.1 Å². The van der Waals surface area contributed by atoms with Crippen LogP contribution >= 0.6 is 11.8 Å². The summed E-state index contributed by atoms with van der Waals surface area (Å²) in [5.74, 6) is 0.101. The maximum absolute atomic E-state index is 12.2. The highest BCUT2D eigenvalue weighted by atomic mass is 32.2. The molecule has 0 aromatic heterocycles. The number of benzene rings is 2. The van der Waals surface area contributed by atoms with E-state index in [4.69, 9.17) is 4.74 Å². The maximum atomic E-state index is 12.2. The number of hydrogen-bond acceptors (Lipinski definition) is 6. The minimum absolute atomic E-state index is 0.0680. The van der Waals surface area contributed by atoms with Crippen LogP contribution < -0.4 is 10.1 Å². The van der Waals surface area contributed by atoms with Gasteiger partial charge in [-0.05, 0) is 31.5 Å². The molecule has 26 heavy (non-hydrogen) atoms. The average Bonchev–Trinajstić information content (AvgIpc) is 2.62. The van der Waals surface area contributed by atoms with Crippen molar-refractivity contribution in [1.82, 2.24) is 4.90 Å². The first-order chi connectivity index (χ1) is 12.5. The fraction of sp³-hybridized carbons (Fsp3) is 0.278. The molecule has 138 valence electrons. The largest absolute Gasteiger partial charge is 0.485 e. The number of nitro benzene ring substituents is 1. The summed E-state index contributed by atoms with van der Waals surface area (Å²) < 4.78 is 5.49. The second-order valence-electron chi connectivity index (χ2n) is 5.56. The zero-order valence-electron chi connectivity index (χ0n) is 14.7. The first-order valence-electron chi connectivity index (χ1n) is 7.99. The Morgan fingerprint density at radius 3 is 2.65 bits per heavy atom. The highest BCUT2D eigenvalue weighted by molar-refractivity contribution is 7.98. The van der Waals surface area contributed by atoms with Crippen LogP contribution in [-0.4, -0.2) is 48.7 Å². The maximum Gasteiger partial charge on any atom is 0.310 e. The Morgan fingerprint density at radius 1 is 1.23 bits per heavy atom. The van der Waals surface area contributed by atoms with E-state index in [-0.39, 0.29) is 30.5 Å². The van der Waals surface area contributed by atoms with Crippen molar-refractivity contribution >= 4 is 29.0 Å². The van der Waals surface area contributed by atoms with Gasteiger partial charge in [0.1, 0.15) is 6.61 Å². The Labute approximate surface area is 156 Å². The van der Waals surface area contributed by atoms with E-state index in [1.165, 1.54) is 6.07 Å². The SMILES string of the molecule is CSc1ccccc1NC(=O)CN(C)CCOc1ccccc1[N+](=O)[O-]. The molecule has 2 aromatic carbocycles. The molecule has 0 saturated carbocycles. The number of anilines is 1. The molecule has 0 aliphatic rings. The third-order valence-electron chi connectivity index (χ3n) is 3.59. The van der Waals surface area contributed by atoms with Gasteiger partial charge in [-0.1, -0.05) is 24.3 Å². The van der Waals surface area contributed by atoms with Crippen LogP contribution in [0.4, 0.5) is 11.4 Å². The Balaban J connectivity index is 1.81. The molecule has 0 unspecified atom stereocenters. The summed E-state index contributed by atoms with van der Waals surface area (Å²) in [6.07, 6.45) is 1.96. The smallest absolute Gasteiger partial charge is 0.310 e. The van der Waals surface area contributed by atoms with Gasteiger partial charge in [-0.15, -0.1) is 11.8 Å². The summed E-state index contributed by atoms with van der Waals surface area (Å²) in [6.45, 7) is 0.905. The summed E-state index contributed by atoms with van der Waals surface area (Å²) in [5, 5.41) is 13.8. The monoisotopic (exact) mass is 375 g/mol. The van der Waals surface area contributed by atoms with Crippen LogP contribution in [0.3, 0.4) is 0 Å². The predicted octanol–water partition coefficient (Wildman–Crippen LogP) is 3.27. The molecule has 0 aliphatic carbocycles. The Morgan fingerprint density at radius 2 is 1.92 bits per heavy atom. The number of nitro groups is 1. The number of nitrogens with zero attached hydrogens (tertiary/aromatic N) is 2. The van der Waals surface area contributed by atoms with Crippen LogP contribution in [0.25, 0.3) is 0 Å². The molecule has 0 saturated heterocycles. The van der Waals surface area contributed by atoms with Crippen molar-refractivity contribution < 1.29 is 14.5 Å². The standard InChI is InChI=1S/C18H21N3O4S/c1-20(11-12-25-16-9-5-4-8-15(16)21(23)24)13-18(22)19-14-7-3-6-10-17(14)26-2/h3-10H,11-13H2,1-2H3,(H,19,22). The van der Waals surface area contributed by atoms with Gasteiger partial charge in [0.2, 0.25) is 5.91 Å². The van der Waals surface area contributed by atoms with Crippen LogP contribution in [0.15, 0.2) is 53.4 Å². The Bertz CT molecular complexity index is 770. The van der Waals surface area contributed by atoms with E-state index in [1.807, 2.05) is 30.5 Å². The summed E-state index contributed by atoms with van der Waals surface area (Å²) in [4.78, 5) is 25.4. The van der Waals surface area contributed by atoms with E-state index in [9.17, 15) is 14.9 Å². The number of carbonyl (C=O) groups is 1. The van der Waals surface area contributed by atoms with Crippen LogP contribution in [0.1, 0.15) is 0 Å². The number of likely N-dealkylation sites (N-methyl/N-ethyl adjacent to an activating group) is 1. The Hall–Kier alpha value is -2.58. The van der Waals surface area contributed by atoms with Crippen LogP contribution in [-0.2, 0) is 4.79 Å². The van der Waals surface area contributed by atoms with Crippen molar-refractivity contribution in [2.75, 3.05) is 38.3 Å². The van der Waals surface area contributed by atoms with Gasteiger partial charge >= 0.3 is 5.69 Å². The fourth-order valence-corrected chi connectivity index (χ4v) is 2.86. The van der Waals surface area contributed by atoms with E-state index >= 15 is 0 Å². The van der Waals surface area contributed by atoms with Crippen molar-refractivity contribution in [2.24, 2.45) is 0 Å². The van der Waals surface area contributed by atoms with Gasteiger partial charge in [0.15, 0.2) is 5.75 Å². The molecule has 8 heteroatoms. The van der Waals surface area contributed by atoms with Crippen LogP contribution in [0.5, 0.6) is 5.75 Å². The lowest BCUT2D eigenvalue weighted by molar-refractivity contribution is -0.385. The number of ether oxygens (including phenoxy) is 1. The molecular formula is C18H21N3O4S. The molecule has 0 bridgehead atoms. The first-order valence-corrected chi connectivity index (χ1v) is 9.21. The molecule has 0 aliphatic heterocycles. The van der Waals surface area contributed by atoms with E-state index in [2.05, 4.69) is 5.32 Å². The summed E-state index contributed by atoms with van der Waals surface area (Å²) in [6, 6.07) is 13.8. The highest BCUT2D eigenvalue weighted by Crippen LogP contribution is 2.26. The summed E-state index contributed by atoms with van der Waals surface area (Å²) in [7, 11) is 1.79. The lowest BCUT2D eigenvalue weighted by Crippen LogP contribution is -2.33. The van der Waals surface area contributed by atoms with Crippen molar-refractivity contribution in [2.45, 2.75) is 4.90 Å². The van der Waals surface area contributed by atoms with Crippen LogP contribution in [0, 0.1) is 10.1 Å². The van der Waals surface area contributed by atoms with Crippen molar-refractivity contribution in [1.29, 1.82) is 0 Å². The minimum Gasteiger partial charge on any atom is -0.485 e. The number of hydrogen-bond donors (Lipinski definition) is 1. The van der Waals surface area contributed by atoms with Gasteiger partial charge in [-0.3, -0.25) is 19.8 Å². The molecule has 1 amide bonds. The summed E-state index contributed by atoms with van der Waals surface area (Å²) >= 11 is 1.57. The second kappa shape index (κ2) is 9.79. The molecule has 0 radical (unpaired) electrons. The molecule has 1 N–H and O–H groups in total. The average molecular weight is 375 g/mol. The predicted molar refractivity (Wildman–Crippen MR) is 103 cm³/mol. The molecule has 2 aromatic rings. The molecule has 2 rings (SSSR count). The van der Waals surface area contributed by atoms with Gasteiger partial charge in [-0.25, -0.2) is 0 Å². The zero-order chi connectivity index (χ0) is 18.9. The summed E-state index contributed by atoms with van der Waals surface area (Å²) in [5.41, 5.74) is 0.719. The number of carbonyl (C=O) groups excluding carboxylic acids is 1. The highest BCUT2D eigenvalue weighted by Gasteiger charge is 2.14. The molecule has 0 spiro atoms. The number of para-hydroxylation sites is 3. The molecular weight excluding hydrogens is 354 g/mol. The molecule has 0 atom stereocenters. The van der Waals surface area contributed by atoms with Gasteiger partial charge in [0, 0.05) is 17.5 Å². The van der Waals surface area contributed by atoms with E-state index in [0.717, 1.165) is 10.6 Å². The number of rotatable bonds is 9. The Kier molecular flexibility index (Phi) is 7.43. The van der Waals surface area contributed by atoms with Gasteiger partial charge in [-0.2, -0.15) is 0 Å². The first kappa shape index (κ1) is 19.7. The quantitative estimate of drug-likeness (QED) is 0.411. The van der Waals surface area contributed by atoms with Crippen molar-refractivity contribution in [3.05, 3.63) is 58.6 Å². The van der Waals surface area contributed by atoms with Gasteiger partial charge in [0.05, 0.1) is 17.2 Å². The molecule has 0 fully saturated rings. The number of amides is 1. The zero-order valence-corrected chi connectivity index (χ0v) is 15.5. The lowest BCUT2D eigenvalue weighted by Gasteiger charge is -2.17. The number of nitrogens with one attached hydrogen (secondary N) is 1. The normalized spacial score (nSPS) is 10.6. The van der Waals surface area contributed by atoms with Crippen LogP contribution in [0.2, 0.25) is 0 Å². The van der Waals surface area contributed by atoms with E-state index in [1.54, 1.807) is 41.9 Å². The van der Waals surface area contributed by atoms with E-state index in [0.29, 0.717) is 6.54 Å². The lowest BCUT2D eigenvalue weighted by atomic mass is 10.3. The third kappa shape index (κ3) is 5.75. The van der Waals surface area contributed by atoms with Crippen molar-refractivity contribution in [3.8, 4) is 5.75 Å². The minimum atomic E-state index is -0.477. The molecule has 0 heterocycles. The number of thioether (sulfide) groups is 1. The second-order valence-corrected chi connectivity index (χ2v) is 6.41.